The van der Waals surface area contributed by atoms with Gasteiger partial charge in [0.05, 0.1) is 0 Å². The number of nitrogens with one attached hydrogen (secondary N) is 1. The second-order valence-electron chi connectivity index (χ2n) is 5.02. The largest absolute Gasteiger partial charge is 0.507 e. The SMILES string of the molecule is Cc1cccc2c(O)cc3c(c12)[C@H]([C@@H](C)Cl)CN3. The minimum absolute atomic E-state index is 0.0751. The first-order chi connectivity index (χ1) is 8.59. The molecule has 2 aromatic carbocycles. The van der Waals surface area contributed by atoms with E-state index < -0.39 is 0 Å². The number of benzene rings is 2. The van der Waals surface area contributed by atoms with Crippen molar-refractivity contribution >= 4 is 28.1 Å². The summed E-state index contributed by atoms with van der Waals surface area (Å²) in [6.07, 6.45) is 0. The van der Waals surface area contributed by atoms with Gasteiger partial charge in [-0.05, 0) is 30.4 Å². The number of halogens is 1. The molecule has 18 heavy (non-hydrogen) atoms. The highest BCUT2D eigenvalue weighted by atomic mass is 35.5. The molecule has 1 heterocycles. The lowest BCUT2D eigenvalue weighted by molar-refractivity contribution is 0.482. The summed E-state index contributed by atoms with van der Waals surface area (Å²) in [5.74, 6) is 0.633. The Kier molecular flexibility index (Phi) is 2.63. The molecule has 0 unspecified atom stereocenters. The first-order valence-electron chi connectivity index (χ1n) is 6.22. The third-order valence-corrected chi connectivity index (χ3v) is 4.13. The van der Waals surface area contributed by atoms with E-state index >= 15 is 0 Å². The first kappa shape index (κ1) is 11.7. The third-order valence-electron chi connectivity index (χ3n) is 3.83. The zero-order valence-corrected chi connectivity index (χ0v) is 11.3. The van der Waals surface area contributed by atoms with Crippen LogP contribution < -0.4 is 5.32 Å². The minimum atomic E-state index is 0.0751. The van der Waals surface area contributed by atoms with Crippen LogP contribution in [0.25, 0.3) is 10.8 Å². The van der Waals surface area contributed by atoms with Crippen molar-refractivity contribution in [1.29, 1.82) is 0 Å². The summed E-state index contributed by atoms with van der Waals surface area (Å²) in [6, 6.07) is 7.84. The Bertz CT molecular complexity index is 621. The van der Waals surface area contributed by atoms with Crippen molar-refractivity contribution in [3.05, 3.63) is 35.4 Å². The van der Waals surface area contributed by atoms with Gasteiger partial charge in [-0.25, -0.2) is 0 Å². The van der Waals surface area contributed by atoms with Crippen LogP contribution in [-0.4, -0.2) is 17.0 Å². The van der Waals surface area contributed by atoms with Crippen molar-refractivity contribution in [2.24, 2.45) is 0 Å². The molecule has 0 radical (unpaired) electrons. The van der Waals surface area contributed by atoms with Gasteiger partial charge in [0.2, 0.25) is 0 Å². The number of alkyl halides is 1. The number of phenols is 1. The van der Waals surface area contributed by atoms with Crippen molar-refractivity contribution in [3.63, 3.8) is 0 Å². The number of anilines is 1. The first-order valence-corrected chi connectivity index (χ1v) is 6.66. The maximum atomic E-state index is 10.1. The van der Waals surface area contributed by atoms with Gasteiger partial charge in [-0.15, -0.1) is 11.6 Å². The van der Waals surface area contributed by atoms with Gasteiger partial charge in [-0.2, -0.15) is 0 Å². The lowest BCUT2D eigenvalue weighted by atomic mass is 9.90. The third kappa shape index (κ3) is 1.56. The highest BCUT2D eigenvalue weighted by molar-refractivity contribution is 6.21. The molecule has 0 aromatic heterocycles. The highest BCUT2D eigenvalue weighted by Crippen LogP contribution is 2.44. The highest BCUT2D eigenvalue weighted by Gasteiger charge is 2.29. The van der Waals surface area contributed by atoms with Gasteiger partial charge in [-0.1, -0.05) is 18.2 Å². The van der Waals surface area contributed by atoms with Crippen molar-refractivity contribution in [3.8, 4) is 5.75 Å². The summed E-state index contributed by atoms with van der Waals surface area (Å²) in [4.78, 5) is 0. The van der Waals surface area contributed by atoms with E-state index in [0.29, 0.717) is 11.7 Å². The number of hydrogen-bond acceptors (Lipinski definition) is 2. The lowest BCUT2D eigenvalue weighted by Gasteiger charge is -2.17. The van der Waals surface area contributed by atoms with Crippen molar-refractivity contribution < 1.29 is 5.11 Å². The van der Waals surface area contributed by atoms with E-state index in [1.165, 1.54) is 11.1 Å². The van der Waals surface area contributed by atoms with Gasteiger partial charge in [0.25, 0.3) is 0 Å². The molecular formula is C15H16ClNO. The lowest BCUT2D eigenvalue weighted by Crippen LogP contribution is -2.11. The molecule has 3 rings (SSSR count). The molecule has 3 heteroatoms. The molecule has 0 saturated heterocycles. The second-order valence-corrected chi connectivity index (χ2v) is 5.71. The number of phenolic OH excluding ortho intramolecular Hbond substituents is 1. The summed E-state index contributed by atoms with van der Waals surface area (Å²) in [7, 11) is 0. The van der Waals surface area contributed by atoms with Crippen LogP contribution >= 0.6 is 11.6 Å². The molecule has 0 amide bonds. The Morgan fingerprint density at radius 1 is 1.44 bits per heavy atom. The van der Waals surface area contributed by atoms with Crippen LogP contribution in [0.2, 0.25) is 0 Å². The molecule has 2 aromatic rings. The molecule has 0 fully saturated rings. The van der Waals surface area contributed by atoms with Gasteiger partial charge in [0.15, 0.2) is 0 Å². The summed E-state index contributed by atoms with van der Waals surface area (Å²) < 4.78 is 0. The standard InChI is InChI=1S/C15H16ClNO/c1-8-4-3-5-10-13(18)6-12-15(14(8)10)11(7-17-12)9(2)16/h3-6,9,11,17-18H,7H2,1-2H3/t9-,11+/m1/s1. The van der Waals surface area contributed by atoms with Crippen LogP contribution in [0.1, 0.15) is 24.0 Å². The monoisotopic (exact) mass is 261 g/mol. The second kappa shape index (κ2) is 4.06. The van der Waals surface area contributed by atoms with E-state index in [2.05, 4.69) is 18.3 Å². The molecule has 2 atom stereocenters. The number of fused-ring (bicyclic) bond motifs is 3. The molecule has 0 saturated carbocycles. The summed E-state index contributed by atoms with van der Waals surface area (Å²) in [5, 5.41) is 15.6. The van der Waals surface area contributed by atoms with Crippen molar-refractivity contribution in [2.75, 3.05) is 11.9 Å². The number of aryl methyl sites for hydroxylation is 1. The van der Waals surface area contributed by atoms with E-state index in [1.54, 1.807) is 0 Å². The van der Waals surface area contributed by atoms with E-state index in [1.807, 2.05) is 25.1 Å². The molecule has 0 spiro atoms. The van der Waals surface area contributed by atoms with Crippen LogP contribution in [0.5, 0.6) is 5.75 Å². The van der Waals surface area contributed by atoms with Gasteiger partial charge in [0, 0.05) is 35.0 Å². The Morgan fingerprint density at radius 2 is 2.22 bits per heavy atom. The Balaban J connectivity index is 2.39. The van der Waals surface area contributed by atoms with Crippen LogP contribution in [0.3, 0.4) is 0 Å². The van der Waals surface area contributed by atoms with Gasteiger partial charge >= 0.3 is 0 Å². The topological polar surface area (TPSA) is 32.3 Å². The minimum Gasteiger partial charge on any atom is -0.507 e. The molecule has 2 N–H and O–H groups in total. The van der Waals surface area contributed by atoms with Crippen molar-refractivity contribution in [1.82, 2.24) is 0 Å². The van der Waals surface area contributed by atoms with Crippen LogP contribution in [-0.2, 0) is 0 Å². The smallest absolute Gasteiger partial charge is 0.125 e. The summed E-state index contributed by atoms with van der Waals surface area (Å²) in [5.41, 5.74) is 3.46. The summed E-state index contributed by atoms with van der Waals surface area (Å²) in [6.45, 7) is 4.95. The zero-order chi connectivity index (χ0) is 12.9. The van der Waals surface area contributed by atoms with Crippen LogP contribution in [0.15, 0.2) is 24.3 Å². The molecule has 0 aliphatic carbocycles. The fraction of sp³-hybridized carbons (Fsp3) is 0.333. The zero-order valence-electron chi connectivity index (χ0n) is 10.5. The predicted octanol–water partition coefficient (Wildman–Crippen LogP) is 3.99. The Hall–Kier alpha value is -1.41. The molecule has 94 valence electrons. The molecule has 0 bridgehead atoms. The van der Waals surface area contributed by atoms with E-state index in [9.17, 15) is 5.11 Å². The quantitative estimate of drug-likeness (QED) is 0.761. The molecule has 2 nitrogen and oxygen atoms in total. The van der Waals surface area contributed by atoms with E-state index in [0.717, 1.165) is 23.0 Å². The number of aromatic hydroxyl groups is 1. The van der Waals surface area contributed by atoms with Crippen LogP contribution in [0.4, 0.5) is 5.69 Å². The Morgan fingerprint density at radius 3 is 2.94 bits per heavy atom. The molecule has 1 aliphatic heterocycles. The maximum Gasteiger partial charge on any atom is 0.125 e. The van der Waals surface area contributed by atoms with E-state index in [-0.39, 0.29) is 5.38 Å². The predicted molar refractivity (Wildman–Crippen MR) is 76.9 cm³/mol. The normalized spacial score (nSPS) is 19.6. The Labute approximate surface area is 112 Å². The average molecular weight is 262 g/mol. The maximum absolute atomic E-state index is 10.1. The van der Waals surface area contributed by atoms with Crippen LogP contribution in [0, 0.1) is 6.92 Å². The van der Waals surface area contributed by atoms with Crippen molar-refractivity contribution in [2.45, 2.75) is 25.1 Å². The molecule has 1 aliphatic rings. The fourth-order valence-electron chi connectivity index (χ4n) is 2.91. The number of rotatable bonds is 1. The van der Waals surface area contributed by atoms with E-state index in [4.69, 9.17) is 11.6 Å². The number of hydrogen-bond donors (Lipinski definition) is 2. The van der Waals surface area contributed by atoms with Gasteiger partial charge in [-0.3, -0.25) is 0 Å². The fourth-order valence-corrected chi connectivity index (χ4v) is 3.13. The van der Waals surface area contributed by atoms with Gasteiger partial charge in [0.1, 0.15) is 5.75 Å². The summed E-state index contributed by atoms with van der Waals surface area (Å²) >= 11 is 6.30. The average Bonchev–Trinajstić information content (AvgIpc) is 2.73. The van der Waals surface area contributed by atoms with Gasteiger partial charge < -0.3 is 10.4 Å². The molecular weight excluding hydrogens is 246 g/mol.